The predicted molar refractivity (Wildman–Crippen MR) is 146 cm³/mol. The second kappa shape index (κ2) is 11.8. The molecule has 2 fully saturated rings. The number of primary amides is 1. The van der Waals surface area contributed by atoms with Crippen LogP contribution in [0.1, 0.15) is 43.0 Å². The molecule has 2 aliphatic rings. The van der Waals surface area contributed by atoms with E-state index in [1.54, 1.807) is 0 Å². The summed E-state index contributed by atoms with van der Waals surface area (Å²) >= 11 is 6.25. The van der Waals surface area contributed by atoms with Gasteiger partial charge in [-0.2, -0.15) is 0 Å². The molecule has 0 heterocycles. The zero-order chi connectivity index (χ0) is 31.1. The van der Waals surface area contributed by atoms with Crippen LogP contribution in [-0.2, 0) is 19.4 Å². The van der Waals surface area contributed by atoms with Crippen molar-refractivity contribution in [2.45, 2.75) is 54.4 Å². The number of nitrogens with two attached hydrogens (primary N) is 2. The Morgan fingerprint density at radius 2 is 1.76 bits per heavy atom. The fourth-order valence-electron chi connectivity index (χ4n) is 6.12. The number of nitrogens with one attached hydrogen (secondary N) is 2. The van der Waals surface area contributed by atoms with Crippen LogP contribution in [0.5, 0.6) is 0 Å². The summed E-state index contributed by atoms with van der Waals surface area (Å²) in [6.45, 7) is 1.69. The van der Waals surface area contributed by atoms with Crippen LogP contribution in [0, 0.1) is 35.2 Å². The summed E-state index contributed by atoms with van der Waals surface area (Å²) in [7, 11) is -4.15. The molecule has 2 bridgehead atoms. The van der Waals surface area contributed by atoms with Crippen molar-refractivity contribution in [3.05, 3.63) is 58.4 Å². The van der Waals surface area contributed by atoms with Crippen molar-refractivity contribution in [2.24, 2.45) is 29.2 Å². The van der Waals surface area contributed by atoms with E-state index in [1.165, 1.54) is 12.1 Å². The Balaban J connectivity index is 1.53. The van der Waals surface area contributed by atoms with Crippen molar-refractivity contribution in [3.8, 4) is 0 Å². The summed E-state index contributed by atoms with van der Waals surface area (Å²) in [5.74, 6) is -8.18. The van der Waals surface area contributed by atoms with Crippen LogP contribution in [0.2, 0.25) is 5.02 Å². The van der Waals surface area contributed by atoms with Crippen molar-refractivity contribution in [1.29, 1.82) is 0 Å². The third kappa shape index (κ3) is 6.12. The van der Waals surface area contributed by atoms with E-state index in [0.717, 1.165) is 6.07 Å². The molecule has 15 heteroatoms. The number of anilines is 1. The first-order valence-corrected chi connectivity index (χ1v) is 15.0. The lowest BCUT2D eigenvalue weighted by Crippen LogP contribution is -2.57. The minimum Gasteiger partial charge on any atom is -0.387 e. The highest BCUT2D eigenvalue weighted by atomic mass is 35.5. The van der Waals surface area contributed by atoms with E-state index in [-0.39, 0.29) is 52.9 Å². The van der Waals surface area contributed by atoms with Crippen molar-refractivity contribution >= 4 is 44.8 Å². The molecule has 42 heavy (non-hydrogen) atoms. The average molecular weight is 631 g/mol. The Morgan fingerprint density at radius 1 is 1.12 bits per heavy atom. The topological polar surface area (TPSA) is 182 Å². The van der Waals surface area contributed by atoms with Crippen LogP contribution in [-0.4, -0.2) is 54.7 Å². The molecule has 0 aliphatic heterocycles. The molecule has 10 nitrogen and oxygen atoms in total. The summed E-state index contributed by atoms with van der Waals surface area (Å²) in [6.07, 6.45) is 0.213. The van der Waals surface area contributed by atoms with Gasteiger partial charge in [-0.05, 0) is 55.2 Å². The molecule has 228 valence electrons. The minimum atomic E-state index is -4.15. The predicted octanol–water partition coefficient (Wildman–Crippen LogP) is 2.27. The van der Waals surface area contributed by atoms with Gasteiger partial charge in [-0.1, -0.05) is 18.5 Å². The van der Waals surface area contributed by atoms with E-state index in [1.807, 2.05) is 6.92 Å². The highest BCUT2D eigenvalue weighted by Gasteiger charge is 2.58. The van der Waals surface area contributed by atoms with Gasteiger partial charge in [-0.25, -0.2) is 21.6 Å². The molecule has 2 saturated carbocycles. The SMILES string of the molecule is C[C@H]1CC2C[C@@H](S(=O)(=O)c3cc(C(=O)Nc4cc(F)c(F)c(F)c4)ccc3Cl)CC1[C@@]2(O)CNC(=O)[C@@H](N)CC(N)=O. The van der Waals surface area contributed by atoms with Crippen molar-refractivity contribution in [3.63, 3.8) is 0 Å². The zero-order valence-corrected chi connectivity index (χ0v) is 23.9. The molecule has 2 aromatic carbocycles. The maximum atomic E-state index is 13.8. The third-order valence-corrected chi connectivity index (χ3v) is 10.9. The maximum absolute atomic E-state index is 13.8. The Morgan fingerprint density at radius 3 is 2.36 bits per heavy atom. The summed E-state index contributed by atoms with van der Waals surface area (Å²) in [4.78, 5) is 35.8. The quantitative estimate of drug-likeness (QED) is 0.263. The summed E-state index contributed by atoms with van der Waals surface area (Å²) < 4.78 is 68.0. The third-order valence-electron chi connectivity index (χ3n) is 8.24. The molecule has 2 aliphatic carbocycles. The highest BCUT2D eigenvalue weighted by molar-refractivity contribution is 7.92. The number of halogens is 4. The monoisotopic (exact) mass is 630 g/mol. The Labute approximate surface area is 244 Å². The number of aliphatic hydroxyl groups is 1. The van der Waals surface area contributed by atoms with Crippen molar-refractivity contribution < 1.29 is 41.1 Å². The summed E-state index contributed by atoms with van der Waals surface area (Å²) in [5.41, 5.74) is 8.79. The Hall–Kier alpha value is -3.20. The normalized spacial score (nSPS) is 26.0. The maximum Gasteiger partial charge on any atom is 0.255 e. The summed E-state index contributed by atoms with van der Waals surface area (Å²) in [5, 5.41) is 15.2. The van der Waals surface area contributed by atoms with E-state index in [9.17, 15) is 41.1 Å². The smallest absolute Gasteiger partial charge is 0.255 e. The molecule has 2 unspecified atom stereocenters. The van der Waals surface area contributed by atoms with Crippen LogP contribution < -0.4 is 22.1 Å². The Bertz CT molecular complexity index is 1520. The molecular weight excluding hydrogens is 601 g/mol. The fourth-order valence-corrected chi connectivity index (χ4v) is 8.49. The fraction of sp³-hybridized carbons (Fsp3) is 0.444. The number of amides is 3. The zero-order valence-electron chi connectivity index (χ0n) is 22.4. The number of benzene rings is 2. The lowest BCUT2D eigenvalue weighted by atomic mass is 9.73. The van der Waals surface area contributed by atoms with Crippen molar-refractivity contribution in [1.82, 2.24) is 5.32 Å². The van der Waals surface area contributed by atoms with Gasteiger partial charge in [0, 0.05) is 29.9 Å². The first-order valence-electron chi connectivity index (χ1n) is 13.1. The molecule has 7 N–H and O–H groups in total. The van der Waals surface area contributed by atoms with Gasteiger partial charge in [0.2, 0.25) is 11.8 Å². The first kappa shape index (κ1) is 31.7. The molecule has 0 radical (unpaired) electrons. The largest absolute Gasteiger partial charge is 0.387 e. The second-order valence-corrected chi connectivity index (χ2v) is 13.6. The van der Waals surface area contributed by atoms with E-state index >= 15 is 0 Å². The molecular formula is C27H30ClF3N4O6S. The molecule has 2 aromatic rings. The molecule has 0 saturated heterocycles. The van der Waals surface area contributed by atoms with Crippen molar-refractivity contribution in [2.75, 3.05) is 11.9 Å². The van der Waals surface area contributed by atoms with E-state index in [0.29, 0.717) is 18.6 Å². The molecule has 6 atom stereocenters. The van der Waals surface area contributed by atoms with E-state index < -0.39 is 73.7 Å². The molecule has 0 aromatic heterocycles. The molecule has 4 rings (SSSR count). The van der Waals surface area contributed by atoms with E-state index in [2.05, 4.69) is 10.6 Å². The average Bonchev–Trinajstić information content (AvgIpc) is 3.02. The standard InChI is InChI=1S/C27H30ClF3N4O6S/c1-12-4-14-6-16(9-17(12)27(14,39)11-34-26(38)21(32)10-23(33)36)42(40,41)22-5-13(2-3-18(22)28)25(37)35-15-7-19(29)24(31)20(30)8-15/h2-3,5,7-8,12,14,16-17,21,39H,4,6,9-11,32H2,1H3,(H2,33,36)(H,34,38)(H,35,37)/t12-,14?,16+,17?,21-,27+/m0/s1. The number of carbonyl (C=O) groups is 3. The number of carbonyl (C=O) groups excluding carboxylic acids is 3. The number of sulfone groups is 1. The van der Waals surface area contributed by atoms with Gasteiger partial charge in [0.25, 0.3) is 5.91 Å². The molecule has 3 amide bonds. The van der Waals surface area contributed by atoms with Gasteiger partial charge in [-0.15, -0.1) is 0 Å². The number of hydrogen-bond donors (Lipinski definition) is 5. The lowest BCUT2D eigenvalue weighted by molar-refractivity contribution is -0.128. The van der Waals surface area contributed by atoms with Gasteiger partial charge >= 0.3 is 0 Å². The van der Waals surface area contributed by atoms with Gasteiger partial charge in [0.05, 0.1) is 33.2 Å². The summed E-state index contributed by atoms with van der Waals surface area (Å²) in [6, 6.07) is 3.46. The van der Waals surface area contributed by atoms with Crippen LogP contribution in [0.25, 0.3) is 0 Å². The van der Waals surface area contributed by atoms with Crippen LogP contribution in [0.15, 0.2) is 35.2 Å². The van der Waals surface area contributed by atoms with Gasteiger partial charge in [-0.3, -0.25) is 14.4 Å². The van der Waals surface area contributed by atoms with Gasteiger partial charge in [0.1, 0.15) is 0 Å². The minimum absolute atomic E-state index is 0.0423. The number of hydrogen-bond acceptors (Lipinski definition) is 7. The van der Waals surface area contributed by atoms with Gasteiger partial charge < -0.3 is 27.2 Å². The molecule has 0 spiro atoms. The lowest BCUT2D eigenvalue weighted by Gasteiger charge is -2.43. The number of fused-ring (bicyclic) bond motifs is 2. The van der Waals surface area contributed by atoms with E-state index in [4.69, 9.17) is 23.1 Å². The van der Waals surface area contributed by atoms with Crippen LogP contribution in [0.3, 0.4) is 0 Å². The highest BCUT2D eigenvalue weighted by Crippen LogP contribution is 2.54. The number of rotatable bonds is 9. The Kier molecular flexibility index (Phi) is 8.93. The van der Waals surface area contributed by atoms with Crippen LogP contribution in [0.4, 0.5) is 18.9 Å². The first-order chi connectivity index (χ1) is 19.5. The second-order valence-electron chi connectivity index (χ2n) is 11.0. The van der Waals surface area contributed by atoms with Gasteiger partial charge in [0.15, 0.2) is 27.3 Å². The van der Waals surface area contributed by atoms with Crippen LogP contribution >= 0.6 is 11.6 Å².